The van der Waals surface area contributed by atoms with Crippen molar-refractivity contribution < 1.29 is 0 Å². The Hall–Kier alpha value is -1.65. The first-order chi connectivity index (χ1) is 9.63. The standard InChI is InChI=1S/C15H10BrClN2O/c16-11-4-5-13-14(7-11)18-9-19(15(13)20)8-10-2-1-3-12(17)6-10/h1-7,9H,8H2. The molecule has 0 spiro atoms. The maximum Gasteiger partial charge on any atom is 0.261 e. The molecule has 100 valence electrons. The van der Waals surface area contributed by atoms with E-state index in [1.165, 1.54) is 0 Å². The van der Waals surface area contributed by atoms with Gasteiger partial charge in [-0.1, -0.05) is 39.7 Å². The third-order valence-electron chi connectivity index (χ3n) is 3.03. The van der Waals surface area contributed by atoms with Crippen LogP contribution >= 0.6 is 27.5 Å². The van der Waals surface area contributed by atoms with Gasteiger partial charge in [0.25, 0.3) is 5.56 Å². The van der Waals surface area contributed by atoms with Crippen LogP contribution in [0.25, 0.3) is 10.9 Å². The van der Waals surface area contributed by atoms with Crippen molar-refractivity contribution in [2.75, 3.05) is 0 Å². The molecule has 3 rings (SSSR count). The fraction of sp³-hybridized carbons (Fsp3) is 0.0667. The van der Waals surface area contributed by atoms with Crippen molar-refractivity contribution in [2.24, 2.45) is 0 Å². The fourth-order valence-electron chi connectivity index (χ4n) is 2.08. The predicted molar refractivity (Wildman–Crippen MR) is 84.3 cm³/mol. The largest absolute Gasteiger partial charge is 0.294 e. The van der Waals surface area contributed by atoms with Crippen LogP contribution in [0.2, 0.25) is 5.02 Å². The van der Waals surface area contributed by atoms with Gasteiger partial charge in [-0.05, 0) is 35.9 Å². The van der Waals surface area contributed by atoms with Crippen molar-refractivity contribution in [3.05, 3.63) is 74.2 Å². The zero-order chi connectivity index (χ0) is 14.1. The van der Waals surface area contributed by atoms with E-state index < -0.39 is 0 Å². The van der Waals surface area contributed by atoms with Crippen LogP contribution in [0.5, 0.6) is 0 Å². The molecule has 0 bridgehead atoms. The molecule has 0 aliphatic carbocycles. The van der Waals surface area contributed by atoms with Crippen LogP contribution in [0.4, 0.5) is 0 Å². The van der Waals surface area contributed by atoms with E-state index in [-0.39, 0.29) is 5.56 Å². The quantitative estimate of drug-likeness (QED) is 0.704. The lowest BCUT2D eigenvalue weighted by Gasteiger charge is -2.07. The number of nitrogens with zero attached hydrogens (tertiary/aromatic N) is 2. The molecule has 1 aromatic heterocycles. The minimum Gasteiger partial charge on any atom is -0.294 e. The highest BCUT2D eigenvalue weighted by molar-refractivity contribution is 9.10. The highest BCUT2D eigenvalue weighted by atomic mass is 79.9. The second kappa shape index (κ2) is 5.38. The van der Waals surface area contributed by atoms with Crippen LogP contribution in [0.3, 0.4) is 0 Å². The molecule has 0 aliphatic rings. The predicted octanol–water partition coefficient (Wildman–Crippen LogP) is 3.86. The van der Waals surface area contributed by atoms with Crippen LogP contribution < -0.4 is 5.56 Å². The molecule has 0 aliphatic heterocycles. The van der Waals surface area contributed by atoms with Crippen molar-refractivity contribution in [1.82, 2.24) is 9.55 Å². The van der Waals surface area contributed by atoms with E-state index in [1.807, 2.05) is 36.4 Å². The molecule has 3 nitrogen and oxygen atoms in total. The number of fused-ring (bicyclic) bond motifs is 1. The summed E-state index contributed by atoms with van der Waals surface area (Å²) < 4.78 is 2.49. The van der Waals surface area contributed by atoms with E-state index in [2.05, 4.69) is 20.9 Å². The van der Waals surface area contributed by atoms with Gasteiger partial charge >= 0.3 is 0 Å². The van der Waals surface area contributed by atoms with E-state index in [9.17, 15) is 4.79 Å². The Kier molecular flexibility index (Phi) is 3.59. The Morgan fingerprint density at radius 2 is 2.05 bits per heavy atom. The Morgan fingerprint density at radius 1 is 1.20 bits per heavy atom. The second-order valence-electron chi connectivity index (χ2n) is 4.47. The topological polar surface area (TPSA) is 34.9 Å². The highest BCUT2D eigenvalue weighted by Crippen LogP contribution is 2.15. The lowest BCUT2D eigenvalue weighted by atomic mass is 10.2. The minimum absolute atomic E-state index is 0.0533. The van der Waals surface area contributed by atoms with Crippen molar-refractivity contribution in [3.8, 4) is 0 Å². The van der Waals surface area contributed by atoms with Crippen molar-refractivity contribution in [2.45, 2.75) is 6.54 Å². The number of hydrogen-bond acceptors (Lipinski definition) is 2. The average molecular weight is 350 g/mol. The molecule has 0 radical (unpaired) electrons. The fourth-order valence-corrected chi connectivity index (χ4v) is 2.64. The molecule has 1 heterocycles. The summed E-state index contributed by atoms with van der Waals surface area (Å²) in [6, 6.07) is 12.9. The number of benzene rings is 2. The molecule has 3 aromatic rings. The summed E-state index contributed by atoms with van der Waals surface area (Å²) in [6.07, 6.45) is 1.57. The molecule has 2 aromatic carbocycles. The summed E-state index contributed by atoms with van der Waals surface area (Å²) in [7, 11) is 0. The van der Waals surface area contributed by atoms with Gasteiger partial charge in [-0.3, -0.25) is 9.36 Å². The third-order valence-corrected chi connectivity index (χ3v) is 3.76. The van der Waals surface area contributed by atoms with Gasteiger partial charge < -0.3 is 0 Å². The zero-order valence-corrected chi connectivity index (χ0v) is 12.7. The highest BCUT2D eigenvalue weighted by Gasteiger charge is 2.05. The maximum atomic E-state index is 12.4. The molecule has 0 atom stereocenters. The first-order valence-electron chi connectivity index (χ1n) is 6.02. The molecule has 0 unspecified atom stereocenters. The van der Waals surface area contributed by atoms with Crippen molar-refractivity contribution in [3.63, 3.8) is 0 Å². The van der Waals surface area contributed by atoms with E-state index in [1.54, 1.807) is 17.0 Å². The first kappa shape index (κ1) is 13.3. The molecular formula is C15H10BrClN2O. The lowest BCUT2D eigenvalue weighted by Crippen LogP contribution is -2.21. The van der Waals surface area contributed by atoms with Crippen LogP contribution in [-0.2, 0) is 6.54 Å². The van der Waals surface area contributed by atoms with Gasteiger partial charge in [-0.25, -0.2) is 4.98 Å². The minimum atomic E-state index is -0.0533. The van der Waals surface area contributed by atoms with Crippen molar-refractivity contribution in [1.29, 1.82) is 0 Å². The summed E-state index contributed by atoms with van der Waals surface area (Å²) in [5, 5.41) is 1.27. The van der Waals surface area contributed by atoms with Gasteiger partial charge in [-0.15, -0.1) is 0 Å². The normalized spacial score (nSPS) is 10.9. The lowest BCUT2D eigenvalue weighted by molar-refractivity contribution is 0.748. The summed E-state index contributed by atoms with van der Waals surface area (Å²) >= 11 is 9.33. The van der Waals surface area contributed by atoms with E-state index in [4.69, 9.17) is 11.6 Å². The smallest absolute Gasteiger partial charge is 0.261 e. The van der Waals surface area contributed by atoms with E-state index in [0.717, 1.165) is 10.0 Å². The summed E-state index contributed by atoms with van der Waals surface area (Å²) in [6.45, 7) is 0.457. The van der Waals surface area contributed by atoms with Crippen LogP contribution in [-0.4, -0.2) is 9.55 Å². The van der Waals surface area contributed by atoms with Crippen molar-refractivity contribution >= 4 is 38.4 Å². The average Bonchev–Trinajstić information content (AvgIpc) is 2.42. The van der Waals surface area contributed by atoms with Crippen LogP contribution in [0.15, 0.2) is 58.1 Å². The molecule has 0 saturated carbocycles. The van der Waals surface area contributed by atoms with Gasteiger partial charge in [0, 0.05) is 9.50 Å². The molecule has 20 heavy (non-hydrogen) atoms. The molecule has 0 N–H and O–H groups in total. The summed E-state index contributed by atoms with van der Waals surface area (Å²) in [4.78, 5) is 16.7. The molecular weight excluding hydrogens is 340 g/mol. The zero-order valence-electron chi connectivity index (χ0n) is 10.4. The van der Waals surface area contributed by atoms with Gasteiger partial charge in [0.2, 0.25) is 0 Å². The molecule has 5 heteroatoms. The van der Waals surface area contributed by atoms with Crippen LogP contribution in [0.1, 0.15) is 5.56 Å². The summed E-state index contributed by atoms with van der Waals surface area (Å²) in [5.41, 5.74) is 1.60. The molecule has 0 fully saturated rings. The SMILES string of the molecule is O=c1c2ccc(Br)cc2ncn1Cc1cccc(Cl)c1. The second-order valence-corrected chi connectivity index (χ2v) is 5.82. The molecule has 0 amide bonds. The number of rotatable bonds is 2. The Morgan fingerprint density at radius 3 is 2.85 bits per heavy atom. The van der Waals surface area contributed by atoms with Gasteiger partial charge in [0.05, 0.1) is 23.8 Å². The van der Waals surface area contributed by atoms with E-state index >= 15 is 0 Å². The monoisotopic (exact) mass is 348 g/mol. The number of aromatic nitrogens is 2. The van der Waals surface area contributed by atoms with Crippen LogP contribution in [0, 0.1) is 0 Å². The third kappa shape index (κ3) is 2.62. The Bertz CT molecular complexity index is 845. The van der Waals surface area contributed by atoms with Gasteiger partial charge in [-0.2, -0.15) is 0 Å². The number of halogens is 2. The Balaban J connectivity index is 2.07. The first-order valence-corrected chi connectivity index (χ1v) is 7.20. The van der Waals surface area contributed by atoms with Gasteiger partial charge in [0.15, 0.2) is 0 Å². The van der Waals surface area contributed by atoms with E-state index in [0.29, 0.717) is 22.5 Å². The van der Waals surface area contributed by atoms with Gasteiger partial charge in [0.1, 0.15) is 0 Å². The molecule has 0 saturated heterocycles. The number of hydrogen-bond donors (Lipinski definition) is 0. The maximum absolute atomic E-state index is 12.4. The Labute approximate surface area is 129 Å². The summed E-state index contributed by atoms with van der Waals surface area (Å²) in [5.74, 6) is 0.